The van der Waals surface area contributed by atoms with Gasteiger partial charge in [0.15, 0.2) is 0 Å². The minimum Gasteiger partial charge on any atom is -0.460 e. The van der Waals surface area contributed by atoms with Crippen molar-refractivity contribution < 1.29 is 9.53 Å². The standard InChI is InChI=1S/C15H22O2/c1-5-13(14(16)17-15(2,3)4)11-12-9-7-6-8-10-12/h6-10,13H,5,11H2,1-4H3/t13-/m0/s1. The number of carbonyl (C=O) groups is 1. The molecule has 17 heavy (non-hydrogen) atoms. The Balaban J connectivity index is 2.63. The summed E-state index contributed by atoms with van der Waals surface area (Å²) < 4.78 is 5.42. The number of carbonyl (C=O) groups excluding carboxylic acids is 1. The van der Waals surface area contributed by atoms with Gasteiger partial charge in [0.1, 0.15) is 5.60 Å². The van der Waals surface area contributed by atoms with E-state index < -0.39 is 5.60 Å². The second-order valence-corrected chi connectivity index (χ2v) is 5.33. The summed E-state index contributed by atoms with van der Waals surface area (Å²) in [6, 6.07) is 10.1. The van der Waals surface area contributed by atoms with Crippen LogP contribution in [0.4, 0.5) is 0 Å². The summed E-state index contributed by atoms with van der Waals surface area (Å²) in [6.45, 7) is 7.73. The summed E-state index contributed by atoms with van der Waals surface area (Å²) in [4.78, 5) is 12.0. The van der Waals surface area contributed by atoms with Gasteiger partial charge in [-0.3, -0.25) is 4.79 Å². The predicted molar refractivity (Wildman–Crippen MR) is 69.8 cm³/mol. The van der Waals surface area contributed by atoms with Crippen molar-refractivity contribution in [3.8, 4) is 0 Å². The normalized spacial score (nSPS) is 13.2. The van der Waals surface area contributed by atoms with Gasteiger partial charge in [-0.15, -0.1) is 0 Å². The largest absolute Gasteiger partial charge is 0.460 e. The van der Waals surface area contributed by atoms with Crippen LogP contribution in [0.15, 0.2) is 30.3 Å². The molecule has 1 aromatic rings. The zero-order valence-electron chi connectivity index (χ0n) is 11.2. The van der Waals surface area contributed by atoms with E-state index in [4.69, 9.17) is 4.74 Å². The lowest BCUT2D eigenvalue weighted by atomic mass is 9.97. The molecule has 0 unspecified atom stereocenters. The number of esters is 1. The lowest BCUT2D eigenvalue weighted by molar-refractivity contribution is -0.160. The van der Waals surface area contributed by atoms with Gasteiger partial charge in [-0.05, 0) is 39.2 Å². The Kier molecular flexibility index (Phi) is 4.73. The molecule has 0 aromatic heterocycles. The maximum atomic E-state index is 12.0. The molecule has 1 atom stereocenters. The second kappa shape index (κ2) is 5.85. The molecule has 0 radical (unpaired) electrons. The Bertz CT molecular complexity index is 349. The lowest BCUT2D eigenvalue weighted by Gasteiger charge is -2.23. The molecule has 0 aliphatic rings. The van der Waals surface area contributed by atoms with Gasteiger partial charge in [-0.25, -0.2) is 0 Å². The molecule has 0 aliphatic heterocycles. The Morgan fingerprint density at radius 1 is 1.24 bits per heavy atom. The van der Waals surface area contributed by atoms with Crippen molar-refractivity contribution in [2.45, 2.75) is 46.1 Å². The van der Waals surface area contributed by atoms with Crippen molar-refractivity contribution in [2.24, 2.45) is 5.92 Å². The molecule has 0 bridgehead atoms. The van der Waals surface area contributed by atoms with Gasteiger partial charge in [0.05, 0.1) is 5.92 Å². The van der Waals surface area contributed by atoms with Gasteiger partial charge < -0.3 is 4.74 Å². The van der Waals surface area contributed by atoms with E-state index in [9.17, 15) is 4.79 Å². The lowest BCUT2D eigenvalue weighted by Crippen LogP contribution is -2.29. The molecule has 0 fully saturated rings. The van der Waals surface area contributed by atoms with Gasteiger partial charge in [0, 0.05) is 0 Å². The summed E-state index contributed by atoms with van der Waals surface area (Å²) in [6.07, 6.45) is 1.57. The fourth-order valence-corrected chi connectivity index (χ4v) is 1.68. The van der Waals surface area contributed by atoms with Gasteiger partial charge in [-0.2, -0.15) is 0 Å². The zero-order valence-corrected chi connectivity index (χ0v) is 11.2. The Hall–Kier alpha value is -1.31. The van der Waals surface area contributed by atoms with E-state index in [1.807, 2.05) is 58.0 Å². The van der Waals surface area contributed by atoms with Crippen LogP contribution in [-0.4, -0.2) is 11.6 Å². The molecular weight excluding hydrogens is 212 g/mol. The number of rotatable bonds is 4. The smallest absolute Gasteiger partial charge is 0.309 e. The summed E-state index contributed by atoms with van der Waals surface area (Å²) in [5.74, 6) is -0.138. The molecule has 94 valence electrons. The fourth-order valence-electron chi connectivity index (χ4n) is 1.68. The van der Waals surface area contributed by atoms with Crippen molar-refractivity contribution in [3.63, 3.8) is 0 Å². The van der Waals surface area contributed by atoms with Crippen LogP contribution in [0.3, 0.4) is 0 Å². The van der Waals surface area contributed by atoms with Crippen LogP contribution < -0.4 is 0 Å². The van der Waals surface area contributed by atoms with Crippen molar-refractivity contribution >= 4 is 5.97 Å². The molecular formula is C15H22O2. The van der Waals surface area contributed by atoms with Crippen LogP contribution in [0.2, 0.25) is 0 Å². The first-order valence-electron chi connectivity index (χ1n) is 6.19. The third-order valence-corrected chi connectivity index (χ3v) is 2.56. The van der Waals surface area contributed by atoms with E-state index in [2.05, 4.69) is 0 Å². The number of hydrogen-bond acceptors (Lipinski definition) is 2. The van der Waals surface area contributed by atoms with Gasteiger partial charge in [-0.1, -0.05) is 37.3 Å². The fraction of sp³-hybridized carbons (Fsp3) is 0.533. The SMILES string of the molecule is CC[C@@H](Cc1ccccc1)C(=O)OC(C)(C)C. The third kappa shape index (κ3) is 5.03. The van der Waals surface area contributed by atoms with Gasteiger partial charge >= 0.3 is 5.97 Å². The van der Waals surface area contributed by atoms with E-state index in [0.717, 1.165) is 12.8 Å². The first-order valence-corrected chi connectivity index (χ1v) is 6.19. The highest BCUT2D eigenvalue weighted by molar-refractivity contribution is 5.73. The molecule has 1 rings (SSSR count). The maximum Gasteiger partial charge on any atom is 0.309 e. The Morgan fingerprint density at radius 3 is 2.29 bits per heavy atom. The number of ether oxygens (including phenoxy) is 1. The molecule has 0 spiro atoms. The van der Waals surface area contributed by atoms with Crippen molar-refractivity contribution in [2.75, 3.05) is 0 Å². The first kappa shape index (κ1) is 13.8. The average molecular weight is 234 g/mol. The molecule has 2 nitrogen and oxygen atoms in total. The molecule has 0 amide bonds. The van der Waals surface area contributed by atoms with Crippen LogP contribution in [0.25, 0.3) is 0 Å². The maximum absolute atomic E-state index is 12.0. The monoisotopic (exact) mass is 234 g/mol. The topological polar surface area (TPSA) is 26.3 Å². The molecule has 0 aliphatic carbocycles. The minimum absolute atomic E-state index is 0.0448. The Labute approximate surface area is 104 Å². The molecule has 0 N–H and O–H groups in total. The predicted octanol–water partition coefficient (Wildman–Crippen LogP) is 3.60. The van der Waals surface area contributed by atoms with Crippen molar-refractivity contribution in [1.29, 1.82) is 0 Å². The van der Waals surface area contributed by atoms with E-state index >= 15 is 0 Å². The third-order valence-electron chi connectivity index (χ3n) is 2.56. The van der Waals surface area contributed by atoms with Crippen LogP contribution in [0.1, 0.15) is 39.7 Å². The van der Waals surface area contributed by atoms with E-state index in [-0.39, 0.29) is 11.9 Å². The average Bonchev–Trinajstić information content (AvgIpc) is 2.24. The first-order chi connectivity index (χ1) is 7.92. The zero-order chi connectivity index (χ0) is 12.9. The van der Waals surface area contributed by atoms with E-state index in [0.29, 0.717) is 0 Å². The van der Waals surface area contributed by atoms with Gasteiger partial charge in [0.25, 0.3) is 0 Å². The summed E-state index contributed by atoms with van der Waals surface area (Å²) in [5.41, 5.74) is 0.784. The summed E-state index contributed by atoms with van der Waals surface area (Å²) in [5, 5.41) is 0. The molecule has 2 heteroatoms. The highest BCUT2D eigenvalue weighted by Gasteiger charge is 2.23. The van der Waals surface area contributed by atoms with Crippen LogP contribution >= 0.6 is 0 Å². The van der Waals surface area contributed by atoms with Crippen LogP contribution in [-0.2, 0) is 16.0 Å². The molecule has 0 saturated carbocycles. The highest BCUT2D eigenvalue weighted by atomic mass is 16.6. The highest BCUT2D eigenvalue weighted by Crippen LogP contribution is 2.17. The van der Waals surface area contributed by atoms with Crippen LogP contribution in [0, 0.1) is 5.92 Å². The minimum atomic E-state index is -0.402. The molecule has 1 aromatic carbocycles. The van der Waals surface area contributed by atoms with E-state index in [1.165, 1.54) is 5.56 Å². The molecule has 0 heterocycles. The number of benzene rings is 1. The number of hydrogen-bond donors (Lipinski definition) is 0. The summed E-state index contributed by atoms with van der Waals surface area (Å²) in [7, 11) is 0. The molecule has 0 saturated heterocycles. The quantitative estimate of drug-likeness (QED) is 0.744. The summed E-state index contributed by atoms with van der Waals surface area (Å²) >= 11 is 0. The second-order valence-electron chi connectivity index (χ2n) is 5.33. The Morgan fingerprint density at radius 2 is 1.82 bits per heavy atom. The van der Waals surface area contributed by atoms with Crippen LogP contribution in [0.5, 0.6) is 0 Å². The van der Waals surface area contributed by atoms with Crippen molar-refractivity contribution in [3.05, 3.63) is 35.9 Å². The van der Waals surface area contributed by atoms with Gasteiger partial charge in [0.2, 0.25) is 0 Å². The van der Waals surface area contributed by atoms with E-state index in [1.54, 1.807) is 0 Å². The van der Waals surface area contributed by atoms with Crippen molar-refractivity contribution in [1.82, 2.24) is 0 Å².